The Labute approximate surface area is 165 Å². The summed E-state index contributed by atoms with van der Waals surface area (Å²) in [4.78, 5) is 23.3. The maximum Gasteiger partial charge on any atom is 0.243 e. The minimum atomic E-state index is -3.88. The van der Waals surface area contributed by atoms with E-state index in [1.54, 1.807) is 0 Å². The van der Waals surface area contributed by atoms with Gasteiger partial charge in [0, 0.05) is 23.6 Å². The molecule has 0 fully saturated rings. The second-order valence-corrected chi connectivity index (χ2v) is 8.75. The lowest BCUT2D eigenvalue weighted by Crippen LogP contribution is -2.38. The predicted molar refractivity (Wildman–Crippen MR) is 102 cm³/mol. The van der Waals surface area contributed by atoms with Gasteiger partial charge in [-0.2, -0.15) is 4.31 Å². The van der Waals surface area contributed by atoms with E-state index in [0.29, 0.717) is 15.6 Å². The molecule has 2 aromatic rings. The summed E-state index contributed by atoms with van der Waals surface area (Å²) < 4.78 is 39.9. The molecule has 2 aromatic carbocycles. The molecule has 0 aliphatic carbocycles. The number of benzene rings is 2. The number of hydrogen-bond acceptors (Lipinski definition) is 4. The van der Waals surface area contributed by atoms with Crippen molar-refractivity contribution in [1.29, 1.82) is 0 Å². The standard InChI is InChI=1S/C18H18BrFN2O4S/c1-12(23)13-3-6-16(7-4-13)27(25,26)22(2)11-18(24)21-10-14-9-15(20)5-8-17(14)19/h3-9H,10-11H2,1-2H3,(H,21,24). The molecular formula is C18H18BrFN2O4S. The Morgan fingerprint density at radius 2 is 1.78 bits per heavy atom. The van der Waals surface area contributed by atoms with Gasteiger partial charge in [-0.25, -0.2) is 12.8 Å². The zero-order chi connectivity index (χ0) is 20.2. The summed E-state index contributed by atoms with van der Waals surface area (Å²) >= 11 is 3.26. The molecule has 0 spiro atoms. The topological polar surface area (TPSA) is 83.6 Å². The summed E-state index contributed by atoms with van der Waals surface area (Å²) in [5.74, 6) is -1.14. The van der Waals surface area contributed by atoms with Crippen LogP contribution >= 0.6 is 15.9 Å². The summed E-state index contributed by atoms with van der Waals surface area (Å²) in [5, 5.41) is 2.56. The van der Waals surface area contributed by atoms with Crippen molar-refractivity contribution in [1.82, 2.24) is 9.62 Å². The third-order valence-corrected chi connectivity index (χ3v) is 6.41. The van der Waals surface area contributed by atoms with Gasteiger partial charge in [0.1, 0.15) is 5.82 Å². The van der Waals surface area contributed by atoms with Gasteiger partial charge < -0.3 is 5.32 Å². The van der Waals surface area contributed by atoms with Crippen LogP contribution in [0, 0.1) is 5.82 Å². The lowest BCUT2D eigenvalue weighted by atomic mass is 10.2. The minimum Gasteiger partial charge on any atom is -0.351 e. The van der Waals surface area contributed by atoms with Gasteiger partial charge in [0.05, 0.1) is 11.4 Å². The Morgan fingerprint density at radius 3 is 2.37 bits per heavy atom. The van der Waals surface area contributed by atoms with Crippen molar-refractivity contribution < 1.29 is 22.4 Å². The number of nitrogens with one attached hydrogen (secondary N) is 1. The van der Waals surface area contributed by atoms with Crippen LogP contribution in [0.5, 0.6) is 0 Å². The van der Waals surface area contributed by atoms with Gasteiger partial charge in [-0.1, -0.05) is 28.1 Å². The van der Waals surface area contributed by atoms with E-state index in [9.17, 15) is 22.4 Å². The van der Waals surface area contributed by atoms with Gasteiger partial charge >= 0.3 is 0 Å². The van der Waals surface area contributed by atoms with E-state index >= 15 is 0 Å². The Kier molecular flexibility index (Phi) is 6.85. The van der Waals surface area contributed by atoms with Gasteiger partial charge in [0.15, 0.2) is 5.78 Å². The zero-order valence-corrected chi connectivity index (χ0v) is 17.1. The lowest BCUT2D eigenvalue weighted by Gasteiger charge is -2.17. The van der Waals surface area contributed by atoms with E-state index in [-0.39, 0.29) is 17.2 Å². The molecule has 0 bridgehead atoms. The van der Waals surface area contributed by atoms with Crippen molar-refractivity contribution in [3.63, 3.8) is 0 Å². The fraction of sp³-hybridized carbons (Fsp3) is 0.222. The number of nitrogens with zero attached hydrogens (tertiary/aromatic N) is 1. The molecule has 0 aliphatic rings. The first-order chi connectivity index (χ1) is 12.6. The third kappa shape index (κ3) is 5.44. The van der Waals surface area contributed by atoms with Crippen LogP contribution in [0.15, 0.2) is 51.8 Å². The van der Waals surface area contributed by atoms with Crippen molar-refractivity contribution in [2.75, 3.05) is 13.6 Å². The number of likely N-dealkylation sites (N-methyl/N-ethyl adjacent to an activating group) is 1. The van der Waals surface area contributed by atoms with Crippen LogP contribution in [0.25, 0.3) is 0 Å². The average Bonchev–Trinajstić information content (AvgIpc) is 2.62. The normalized spacial score (nSPS) is 11.4. The van der Waals surface area contributed by atoms with E-state index in [0.717, 1.165) is 4.31 Å². The molecular weight excluding hydrogens is 439 g/mol. The summed E-state index contributed by atoms with van der Waals surface area (Å²) in [5.41, 5.74) is 0.934. The summed E-state index contributed by atoms with van der Waals surface area (Å²) in [7, 11) is -2.60. The average molecular weight is 457 g/mol. The lowest BCUT2D eigenvalue weighted by molar-refractivity contribution is -0.121. The molecule has 144 valence electrons. The molecule has 1 amide bonds. The van der Waals surface area contributed by atoms with E-state index < -0.39 is 28.3 Å². The first-order valence-corrected chi connectivity index (χ1v) is 10.1. The van der Waals surface area contributed by atoms with Crippen LogP contribution in [0.4, 0.5) is 4.39 Å². The summed E-state index contributed by atoms with van der Waals surface area (Å²) in [6.07, 6.45) is 0. The molecule has 0 aliphatic heterocycles. The van der Waals surface area contributed by atoms with E-state index in [2.05, 4.69) is 21.2 Å². The maximum absolute atomic E-state index is 13.3. The van der Waals surface area contributed by atoms with Crippen LogP contribution in [0.3, 0.4) is 0 Å². The second-order valence-electron chi connectivity index (χ2n) is 5.85. The molecule has 6 nitrogen and oxygen atoms in total. The zero-order valence-electron chi connectivity index (χ0n) is 14.7. The first-order valence-electron chi connectivity index (χ1n) is 7.89. The van der Waals surface area contributed by atoms with Crippen LogP contribution in [-0.2, 0) is 21.4 Å². The van der Waals surface area contributed by atoms with Crippen LogP contribution in [0.2, 0.25) is 0 Å². The highest BCUT2D eigenvalue weighted by Crippen LogP contribution is 2.18. The van der Waals surface area contributed by atoms with E-state index in [1.165, 1.54) is 56.4 Å². The second kappa shape index (κ2) is 8.73. The fourth-order valence-electron chi connectivity index (χ4n) is 2.26. The summed E-state index contributed by atoms with van der Waals surface area (Å²) in [6, 6.07) is 9.58. The van der Waals surface area contributed by atoms with Gasteiger partial charge in [-0.3, -0.25) is 9.59 Å². The Bertz CT molecular complexity index is 962. The van der Waals surface area contributed by atoms with E-state index in [4.69, 9.17) is 0 Å². The fourth-order valence-corrected chi connectivity index (χ4v) is 3.77. The number of halogens is 2. The molecule has 0 heterocycles. The molecule has 0 saturated heterocycles. The molecule has 0 atom stereocenters. The number of hydrogen-bond donors (Lipinski definition) is 1. The Morgan fingerprint density at radius 1 is 1.15 bits per heavy atom. The van der Waals surface area contributed by atoms with Crippen molar-refractivity contribution in [3.05, 3.63) is 63.9 Å². The number of carbonyl (C=O) groups is 2. The van der Waals surface area contributed by atoms with Gasteiger partial charge in [-0.05, 0) is 42.8 Å². The predicted octanol–water partition coefficient (Wildman–Crippen LogP) is 2.73. The smallest absolute Gasteiger partial charge is 0.243 e. The van der Waals surface area contributed by atoms with Crippen LogP contribution < -0.4 is 5.32 Å². The molecule has 0 saturated carbocycles. The van der Waals surface area contributed by atoms with Gasteiger partial charge in [0.25, 0.3) is 0 Å². The molecule has 27 heavy (non-hydrogen) atoms. The van der Waals surface area contributed by atoms with Gasteiger partial charge in [-0.15, -0.1) is 0 Å². The molecule has 2 rings (SSSR count). The monoisotopic (exact) mass is 456 g/mol. The largest absolute Gasteiger partial charge is 0.351 e. The molecule has 1 N–H and O–H groups in total. The molecule has 0 radical (unpaired) electrons. The highest BCUT2D eigenvalue weighted by Gasteiger charge is 2.23. The molecule has 0 aromatic heterocycles. The van der Waals surface area contributed by atoms with Crippen molar-refractivity contribution in [2.45, 2.75) is 18.4 Å². The number of sulfonamides is 1. The number of Topliss-reactive ketones (excluding diaryl/α,β-unsaturated/α-hetero) is 1. The van der Waals surface area contributed by atoms with Crippen LogP contribution in [-0.4, -0.2) is 38.0 Å². The van der Waals surface area contributed by atoms with Crippen molar-refractivity contribution in [3.8, 4) is 0 Å². The summed E-state index contributed by atoms with van der Waals surface area (Å²) in [6.45, 7) is 1.04. The first kappa shape index (κ1) is 21.2. The highest BCUT2D eigenvalue weighted by molar-refractivity contribution is 9.10. The van der Waals surface area contributed by atoms with Crippen molar-refractivity contribution >= 4 is 37.6 Å². The third-order valence-electron chi connectivity index (χ3n) is 3.82. The number of rotatable bonds is 7. The quantitative estimate of drug-likeness (QED) is 0.649. The molecule has 9 heteroatoms. The van der Waals surface area contributed by atoms with E-state index in [1.807, 2.05) is 0 Å². The minimum absolute atomic E-state index is 0.0179. The number of ketones is 1. The highest BCUT2D eigenvalue weighted by atomic mass is 79.9. The number of amides is 1. The van der Waals surface area contributed by atoms with Crippen LogP contribution in [0.1, 0.15) is 22.8 Å². The Balaban J connectivity index is 2.02. The Hall–Kier alpha value is -2.10. The number of carbonyl (C=O) groups excluding carboxylic acids is 2. The SMILES string of the molecule is CC(=O)c1ccc(S(=O)(=O)N(C)CC(=O)NCc2cc(F)ccc2Br)cc1. The maximum atomic E-state index is 13.3. The molecule has 0 unspecified atom stereocenters. The van der Waals surface area contributed by atoms with Gasteiger partial charge in [0.2, 0.25) is 15.9 Å². The van der Waals surface area contributed by atoms with Crippen molar-refractivity contribution in [2.24, 2.45) is 0 Å².